The van der Waals surface area contributed by atoms with Gasteiger partial charge in [0.15, 0.2) is 17.5 Å². The maximum Gasteiger partial charge on any atom is 0.259 e. The molecule has 0 bridgehead atoms. The van der Waals surface area contributed by atoms with Crippen LogP contribution >= 0.6 is 11.3 Å². The van der Waals surface area contributed by atoms with E-state index in [4.69, 9.17) is 5.73 Å². The number of halogens is 3. The fraction of sp³-hybridized carbons (Fsp3) is 0.250. The molecule has 0 saturated carbocycles. The SMILES string of the molecule is NC(=O)c1c(NC(=O)c2ccc(F)c(F)c2F)sc2c1CCCC2. The first-order chi connectivity index (χ1) is 11.4. The van der Waals surface area contributed by atoms with Gasteiger partial charge in [0.1, 0.15) is 5.00 Å². The average Bonchev–Trinajstić information content (AvgIpc) is 2.90. The number of hydrogen-bond acceptors (Lipinski definition) is 3. The largest absolute Gasteiger partial charge is 0.365 e. The summed E-state index contributed by atoms with van der Waals surface area (Å²) < 4.78 is 40.0. The molecule has 24 heavy (non-hydrogen) atoms. The van der Waals surface area contributed by atoms with Gasteiger partial charge in [0.25, 0.3) is 11.8 Å². The number of anilines is 1. The summed E-state index contributed by atoms with van der Waals surface area (Å²) >= 11 is 1.20. The first kappa shape index (κ1) is 16.5. The fourth-order valence-corrected chi connectivity index (χ4v) is 4.08. The molecule has 0 unspecified atom stereocenters. The standard InChI is InChI=1S/C16H13F3N2O2S/c17-9-6-5-8(12(18)13(9)19)15(23)21-16-11(14(20)22)7-3-1-2-4-10(7)24-16/h5-6H,1-4H2,(H2,20,22)(H,21,23). The van der Waals surface area contributed by atoms with E-state index in [1.165, 1.54) is 11.3 Å². The van der Waals surface area contributed by atoms with E-state index >= 15 is 0 Å². The Kier molecular flexibility index (Phi) is 4.31. The van der Waals surface area contributed by atoms with E-state index in [9.17, 15) is 22.8 Å². The van der Waals surface area contributed by atoms with Crippen LogP contribution in [0.2, 0.25) is 0 Å². The second kappa shape index (κ2) is 6.27. The summed E-state index contributed by atoms with van der Waals surface area (Å²) in [5, 5.41) is 2.61. The summed E-state index contributed by atoms with van der Waals surface area (Å²) in [7, 11) is 0. The van der Waals surface area contributed by atoms with Crippen LogP contribution in [0.15, 0.2) is 12.1 Å². The second-order valence-electron chi connectivity index (χ2n) is 5.46. The number of nitrogens with one attached hydrogen (secondary N) is 1. The smallest absolute Gasteiger partial charge is 0.259 e. The van der Waals surface area contributed by atoms with Gasteiger partial charge in [0.2, 0.25) is 0 Å². The highest BCUT2D eigenvalue weighted by Gasteiger charge is 2.26. The van der Waals surface area contributed by atoms with E-state index in [1.807, 2.05) is 0 Å². The van der Waals surface area contributed by atoms with E-state index in [1.54, 1.807) is 0 Å². The molecule has 1 aliphatic carbocycles. The van der Waals surface area contributed by atoms with E-state index in [0.717, 1.165) is 35.8 Å². The lowest BCUT2D eigenvalue weighted by molar-refractivity contribution is 0.100. The molecule has 0 radical (unpaired) electrons. The predicted octanol–water partition coefficient (Wildman–Crippen LogP) is 3.40. The number of nitrogens with two attached hydrogens (primary N) is 1. The summed E-state index contributed by atoms with van der Waals surface area (Å²) in [6, 6.07) is 1.52. The molecule has 0 fully saturated rings. The Morgan fingerprint density at radius 3 is 2.50 bits per heavy atom. The molecule has 2 aromatic rings. The Bertz CT molecular complexity index is 848. The molecule has 3 rings (SSSR count). The number of benzene rings is 1. The quantitative estimate of drug-likeness (QED) is 0.830. The summed E-state index contributed by atoms with van der Waals surface area (Å²) in [6.45, 7) is 0. The number of hydrogen-bond donors (Lipinski definition) is 2. The number of amides is 2. The van der Waals surface area contributed by atoms with Crippen molar-refractivity contribution in [3.05, 3.63) is 51.2 Å². The Balaban J connectivity index is 1.97. The molecule has 2 amide bonds. The van der Waals surface area contributed by atoms with Crippen molar-refractivity contribution in [1.29, 1.82) is 0 Å². The predicted molar refractivity (Wildman–Crippen MR) is 83.7 cm³/mol. The topological polar surface area (TPSA) is 72.2 Å². The molecule has 0 atom stereocenters. The summed E-state index contributed by atoms with van der Waals surface area (Å²) in [6.07, 6.45) is 3.33. The number of carbonyl (C=O) groups excluding carboxylic acids is 2. The van der Waals surface area contributed by atoms with Crippen LogP contribution in [0.1, 0.15) is 44.0 Å². The van der Waals surface area contributed by atoms with Crippen molar-refractivity contribution in [3.8, 4) is 0 Å². The number of thiophene rings is 1. The minimum Gasteiger partial charge on any atom is -0.365 e. The highest BCUT2D eigenvalue weighted by atomic mass is 32.1. The van der Waals surface area contributed by atoms with Crippen molar-refractivity contribution < 1.29 is 22.8 Å². The maximum absolute atomic E-state index is 13.7. The highest BCUT2D eigenvalue weighted by Crippen LogP contribution is 2.38. The third-order valence-electron chi connectivity index (χ3n) is 3.92. The van der Waals surface area contributed by atoms with Gasteiger partial charge in [-0.3, -0.25) is 9.59 Å². The third-order valence-corrected chi connectivity index (χ3v) is 5.13. The van der Waals surface area contributed by atoms with E-state index < -0.39 is 34.8 Å². The van der Waals surface area contributed by atoms with Crippen LogP contribution in [0, 0.1) is 17.5 Å². The molecule has 0 spiro atoms. The minimum atomic E-state index is -1.72. The molecule has 4 nitrogen and oxygen atoms in total. The van der Waals surface area contributed by atoms with Gasteiger partial charge in [0.05, 0.1) is 11.1 Å². The van der Waals surface area contributed by atoms with E-state index in [0.29, 0.717) is 12.5 Å². The van der Waals surface area contributed by atoms with E-state index in [2.05, 4.69) is 5.32 Å². The van der Waals surface area contributed by atoms with Crippen LogP contribution < -0.4 is 11.1 Å². The van der Waals surface area contributed by atoms with Crippen LogP contribution in [0.5, 0.6) is 0 Å². The van der Waals surface area contributed by atoms with Crippen LogP contribution in [0.4, 0.5) is 18.2 Å². The average molecular weight is 354 g/mol. The minimum absolute atomic E-state index is 0.212. The monoisotopic (exact) mass is 354 g/mol. The van der Waals surface area contributed by atoms with Gasteiger partial charge < -0.3 is 11.1 Å². The van der Waals surface area contributed by atoms with Crippen molar-refractivity contribution >= 4 is 28.2 Å². The zero-order valence-electron chi connectivity index (χ0n) is 12.4. The number of primary amides is 1. The highest BCUT2D eigenvalue weighted by molar-refractivity contribution is 7.17. The summed E-state index contributed by atoms with van der Waals surface area (Å²) in [5.74, 6) is -6.32. The molecular weight excluding hydrogens is 341 g/mol. The van der Waals surface area contributed by atoms with Gasteiger partial charge in [-0.25, -0.2) is 13.2 Å². The van der Waals surface area contributed by atoms with Gasteiger partial charge in [-0.05, 0) is 43.4 Å². The van der Waals surface area contributed by atoms with Crippen molar-refractivity contribution in [2.45, 2.75) is 25.7 Å². The first-order valence-electron chi connectivity index (χ1n) is 7.29. The van der Waals surface area contributed by atoms with Crippen LogP contribution in [-0.2, 0) is 12.8 Å². The molecule has 1 aromatic carbocycles. The van der Waals surface area contributed by atoms with E-state index in [-0.39, 0.29) is 10.6 Å². The lowest BCUT2D eigenvalue weighted by atomic mass is 9.95. The first-order valence-corrected chi connectivity index (χ1v) is 8.11. The van der Waals surface area contributed by atoms with Gasteiger partial charge in [-0.15, -0.1) is 11.3 Å². The van der Waals surface area contributed by atoms with Crippen molar-refractivity contribution in [3.63, 3.8) is 0 Å². The lowest BCUT2D eigenvalue weighted by Gasteiger charge is -2.11. The Hall–Kier alpha value is -2.35. The Labute approximate surface area is 139 Å². The van der Waals surface area contributed by atoms with Crippen LogP contribution in [0.3, 0.4) is 0 Å². The van der Waals surface area contributed by atoms with Crippen molar-refractivity contribution in [1.82, 2.24) is 0 Å². The molecule has 126 valence electrons. The molecular formula is C16H13F3N2O2S. The van der Waals surface area contributed by atoms with Crippen LogP contribution in [-0.4, -0.2) is 11.8 Å². The molecule has 0 saturated heterocycles. The summed E-state index contributed by atoms with van der Waals surface area (Å²) in [4.78, 5) is 24.9. The van der Waals surface area contributed by atoms with Crippen molar-refractivity contribution in [2.75, 3.05) is 5.32 Å². The molecule has 8 heteroatoms. The number of rotatable bonds is 3. The number of aryl methyl sites for hydroxylation is 1. The zero-order chi connectivity index (χ0) is 17.4. The molecule has 3 N–H and O–H groups in total. The molecule has 0 aliphatic heterocycles. The zero-order valence-corrected chi connectivity index (χ0v) is 13.2. The normalized spacial score (nSPS) is 13.5. The molecule has 1 aliphatic rings. The van der Waals surface area contributed by atoms with Gasteiger partial charge in [-0.1, -0.05) is 0 Å². The third kappa shape index (κ3) is 2.77. The Morgan fingerprint density at radius 1 is 1.08 bits per heavy atom. The fourth-order valence-electron chi connectivity index (χ4n) is 2.79. The van der Waals surface area contributed by atoms with Gasteiger partial charge in [-0.2, -0.15) is 0 Å². The molecule has 1 aromatic heterocycles. The lowest BCUT2D eigenvalue weighted by Crippen LogP contribution is -2.19. The van der Waals surface area contributed by atoms with Crippen molar-refractivity contribution in [2.24, 2.45) is 5.73 Å². The van der Waals surface area contributed by atoms with Gasteiger partial charge in [0, 0.05) is 4.88 Å². The maximum atomic E-state index is 13.7. The molecule has 1 heterocycles. The van der Waals surface area contributed by atoms with Gasteiger partial charge >= 0.3 is 0 Å². The Morgan fingerprint density at radius 2 is 1.79 bits per heavy atom. The van der Waals surface area contributed by atoms with Crippen LogP contribution in [0.25, 0.3) is 0 Å². The second-order valence-corrected chi connectivity index (χ2v) is 6.56. The summed E-state index contributed by atoms with van der Waals surface area (Å²) in [5.41, 5.74) is 5.78. The number of fused-ring (bicyclic) bond motifs is 1. The number of carbonyl (C=O) groups is 2.